The van der Waals surface area contributed by atoms with Crippen molar-refractivity contribution in [3.63, 3.8) is 0 Å². The predicted molar refractivity (Wildman–Crippen MR) is 71.5 cm³/mol. The third kappa shape index (κ3) is 3.74. The minimum Gasteiger partial charge on any atom is -0.469 e. The van der Waals surface area contributed by atoms with Crippen molar-refractivity contribution in [2.75, 3.05) is 12.4 Å². The molecule has 2 rings (SSSR count). The molecular weight excluding hydrogens is 286 g/mol. The number of esters is 1. The van der Waals surface area contributed by atoms with Crippen LogP contribution < -0.4 is 5.32 Å². The molecule has 4 nitrogen and oxygen atoms in total. The lowest BCUT2D eigenvalue weighted by atomic mass is 10.2. The van der Waals surface area contributed by atoms with Crippen molar-refractivity contribution in [3.8, 4) is 0 Å². The summed E-state index contributed by atoms with van der Waals surface area (Å²) < 4.78 is 30.3. The van der Waals surface area contributed by atoms with Crippen LogP contribution in [0.3, 0.4) is 0 Å². The molecule has 1 aromatic carbocycles. The molecule has 0 spiro atoms. The summed E-state index contributed by atoms with van der Waals surface area (Å²) in [6.45, 7) is 0.322. The number of carbonyl (C=O) groups excluding carboxylic acids is 1. The van der Waals surface area contributed by atoms with Crippen LogP contribution in [0.2, 0.25) is 0 Å². The second-order valence-electron chi connectivity index (χ2n) is 4.00. The van der Waals surface area contributed by atoms with Crippen molar-refractivity contribution >= 4 is 22.4 Å². The first-order valence-corrected chi connectivity index (χ1v) is 6.65. The fraction of sp³-hybridized carbons (Fsp3) is 0.231. The molecule has 0 fully saturated rings. The maximum atomic E-state index is 13.0. The quantitative estimate of drug-likeness (QED) is 0.862. The molecule has 0 aliphatic carbocycles. The molecule has 0 aliphatic heterocycles. The zero-order chi connectivity index (χ0) is 14.5. The van der Waals surface area contributed by atoms with Gasteiger partial charge in [0, 0.05) is 11.9 Å². The summed E-state index contributed by atoms with van der Waals surface area (Å²) >= 11 is 1.33. The Labute approximate surface area is 118 Å². The highest BCUT2D eigenvalue weighted by molar-refractivity contribution is 7.13. The largest absolute Gasteiger partial charge is 0.469 e. The molecule has 106 valence electrons. The van der Waals surface area contributed by atoms with E-state index in [0.29, 0.717) is 22.9 Å². The predicted octanol–water partition coefficient (Wildman–Crippen LogP) is 2.75. The molecular formula is C13H12F2N2O2S. The van der Waals surface area contributed by atoms with E-state index < -0.39 is 11.6 Å². The standard InChI is InChI=1S/C13H12F2N2O2S/c1-19-12(18)5-9-7-20-13(17-9)16-6-8-2-3-10(14)11(15)4-8/h2-4,7H,5-6H2,1H3,(H,16,17). The van der Waals surface area contributed by atoms with Crippen molar-refractivity contribution in [2.24, 2.45) is 0 Å². The minimum absolute atomic E-state index is 0.111. The van der Waals surface area contributed by atoms with Gasteiger partial charge in [0.25, 0.3) is 0 Å². The average Bonchev–Trinajstić information content (AvgIpc) is 2.87. The van der Waals surface area contributed by atoms with Gasteiger partial charge in [0.2, 0.25) is 0 Å². The third-order valence-electron chi connectivity index (χ3n) is 2.53. The molecule has 20 heavy (non-hydrogen) atoms. The second-order valence-corrected chi connectivity index (χ2v) is 4.86. The van der Waals surface area contributed by atoms with E-state index in [9.17, 15) is 13.6 Å². The Morgan fingerprint density at radius 3 is 2.90 bits per heavy atom. The van der Waals surface area contributed by atoms with Crippen molar-refractivity contribution in [3.05, 3.63) is 46.5 Å². The number of thiazole rings is 1. The van der Waals surface area contributed by atoms with Crippen LogP contribution >= 0.6 is 11.3 Å². The minimum atomic E-state index is -0.880. The fourth-order valence-corrected chi connectivity index (χ4v) is 2.23. The van der Waals surface area contributed by atoms with Gasteiger partial charge in [0.15, 0.2) is 16.8 Å². The van der Waals surface area contributed by atoms with E-state index in [4.69, 9.17) is 0 Å². The topological polar surface area (TPSA) is 51.2 Å². The zero-order valence-corrected chi connectivity index (χ0v) is 11.5. The number of hydrogen-bond donors (Lipinski definition) is 1. The number of hydrogen-bond acceptors (Lipinski definition) is 5. The van der Waals surface area contributed by atoms with Crippen LogP contribution in [0.25, 0.3) is 0 Å². The molecule has 0 saturated carbocycles. The summed E-state index contributed by atoms with van der Waals surface area (Å²) in [5.41, 5.74) is 1.21. The first-order chi connectivity index (χ1) is 9.58. The number of methoxy groups -OCH3 is 1. The highest BCUT2D eigenvalue weighted by Crippen LogP contribution is 2.17. The molecule has 1 aromatic heterocycles. The summed E-state index contributed by atoms with van der Waals surface area (Å²) in [5.74, 6) is -2.11. The zero-order valence-electron chi connectivity index (χ0n) is 10.7. The maximum absolute atomic E-state index is 13.0. The number of rotatable bonds is 5. The van der Waals surface area contributed by atoms with Crippen LogP contribution in [0.1, 0.15) is 11.3 Å². The lowest BCUT2D eigenvalue weighted by Gasteiger charge is -2.03. The van der Waals surface area contributed by atoms with Gasteiger partial charge >= 0.3 is 5.97 Å². The van der Waals surface area contributed by atoms with Crippen molar-refractivity contribution in [1.82, 2.24) is 4.98 Å². The van der Waals surface area contributed by atoms with Gasteiger partial charge < -0.3 is 10.1 Å². The molecule has 0 unspecified atom stereocenters. The van der Waals surface area contributed by atoms with E-state index in [1.54, 1.807) is 5.38 Å². The van der Waals surface area contributed by atoms with Gasteiger partial charge in [-0.2, -0.15) is 0 Å². The molecule has 0 bridgehead atoms. The lowest BCUT2D eigenvalue weighted by Crippen LogP contribution is -2.05. The van der Waals surface area contributed by atoms with E-state index >= 15 is 0 Å². The van der Waals surface area contributed by atoms with Gasteiger partial charge in [-0.1, -0.05) is 6.07 Å². The number of aromatic nitrogens is 1. The summed E-state index contributed by atoms with van der Waals surface area (Å²) in [7, 11) is 1.32. The monoisotopic (exact) mass is 298 g/mol. The summed E-state index contributed by atoms with van der Waals surface area (Å²) in [6.07, 6.45) is 0.111. The van der Waals surface area contributed by atoms with Gasteiger partial charge in [0.05, 0.1) is 19.2 Å². The Kier molecular flexibility index (Phi) is 4.62. The number of anilines is 1. The van der Waals surface area contributed by atoms with E-state index in [0.717, 1.165) is 12.1 Å². The highest BCUT2D eigenvalue weighted by atomic mass is 32.1. The number of halogens is 2. The molecule has 0 atom stereocenters. The molecule has 1 heterocycles. The number of nitrogens with zero attached hydrogens (tertiary/aromatic N) is 1. The Bertz CT molecular complexity index is 616. The molecule has 0 amide bonds. The molecule has 0 radical (unpaired) electrons. The molecule has 1 N–H and O–H groups in total. The Hall–Kier alpha value is -2.02. The molecule has 7 heteroatoms. The van der Waals surface area contributed by atoms with Crippen molar-refractivity contribution < 1.29 is 18.3 Å². The summed E-state index contributed by atoms with van der Waals surface area (Å²) in [6, 6.07) is 3.70. The van der Waals surface area contributed by atoms with Crippen molar-refractivity contribution in [1.29, 1.82) is 0 Å². The SMILES string of the molecule is COC(=O)Cc1csc(NCc2ccc(F)c(F)c2)n1. The number of nitrogens with one attached hydrogen (secondary N) is 1. The van der Waals surface area contributed by atoms with Gasteiger partial charge in [-0.05, 0) is 17.7 Å². The summed E-state index contributed by atoms with van der Waals surface area (Å²) in [5, 5.41) is 5.33. The highest BCUT2D eigenvalue weighted by Gasteiger charge is 2.08. The normalized spacial score (nSPS) is 10.3. The van der Waals surface area contributed by atoms with E-state index in [1.165, 1.54) is 24.5 Å². The molecule has 0 aliphatic rings. The van der Waals surface area contributed by atoms with Crippen LogP contribution in [-0.2, 0) is 22.5 Å². The average molecular weight is 298 g/mol. The van der Waals surface area contributed by atoms with Crippen molar-refractivity contribution in [2.45, 2.75) is 13.0 Å². The molecule has 2 aromatic rings. The van der Waals surface area contributed by atoms with Crippen LogP contribution in [0.5, 0.6) is 0 Å². The van der Waals surface area contributed by atoms with Gasteiger partial charge in [-0.15, -0.1) is 11.3 Å². The van der Waals surface area contributed by atoms with E-state index in [1.807, 2.05) is 0 Å². The van der Waals surface area contributed by atoms with E-state index in [2.05, 4.69) is 15.0 Å². The number of carbonyl (C=O) groups is 1. The first kappa shape index (κ1) is 14.4. The van der Waals surface area contributed by atoms with Crippen LogP contribution in [0, 0.1) is 11.6 Å². The number of benzene rings is 1. The van der Waals surface area contributed by atoms with Gasteiger partial charge in [-0.25, -0.2) is 13.8 Å². The number of ether oxygens (including phenoxy) is 1. The van der Waals surface area contributed by atoms with Gasteiger partial charge in [0.1, 0.15) is 0 Å². The Morgan fingerprint density at radius 2 is 2.20 bits per heavy atom. The van der Waals surface area contributed by atoms with Gasteiger partial charge in [-0.3, -0.25) is 4.79 Å². The maximum Gasteiger partial charge on any atom is 0.311 e. The first-order valence-electron chi connectivity index (χ1n) is 5.77. The van der Waals surface area contributed by atoms with Crippen LogP contribution in [-0.4, -0.2) is 18.1 Å². The fourth-order valence-electron chi connectivity index (χ4n) is 1.52. The van der Waals surface area contributed by atoms with Crippen LogP contribution in [0.15, 0.2) is 23.6 Å². The van der Waals surface area contributed by atoms with E-state index in [-0.39, 0.29) is 12.4 Å². The lowest BCUT2D eigenvalue weighted by molar-refractivity contribution is -0.139. The Balaban J connectivity index is 1.93. The summed E-state index contributed by atoms with van der Waals surface area (Å²) in [4.78, 5) is 15.3. The second kappa shape index (κ2) is 6.42. The Morgan fingerprint density at radius 1 is 1.40 bits per heavy atom. The smallest absolute Gasteiger partial charge is 0.311 e. The third-order valence-corrected chi connectivity index (χ3v) is 3.38. The van der Waals surface area contributed by atoms with Crippen LogP contribution in [0.4, 0.5) is 13.9 Å². The molecule has 0 saturated heterocycles.